The van der Waals surface area contributed by atoms with Crippen molar-refractivity contribution in [2.24, 2.45) is 0 Å². The molecule has 0 bridgehead atoms. The maximum Gasteiger partial charge on any atom is 0.323 e. The van der Waals surface area contributed by atoms with Gasteiger partial charge in [-0.3, -0.25) is 0 Å². The third-order valence-corrected chi connectivity index (χ3v) is 4.37. The smallest absolute Gasteiger partial charge is 0.323 e. The highest BCUT2D eigenvalue weighted by Gasteiger charge is 2.15. The zero-order valence-electron chi connectivity index (χ0n) is 12.5. The van der Waals surface area contributed by atoms with Crippen LogP contribution in [0.3, 0.4) is 0 Å². The Morgan fingerprint density at radius 3 is 2.64 bits per heavy atom. The lowest BCUT2D eigenvalue weighted by molar-refractivity contribution is 0.938. The fourth-order valence-electron chi connectivity index (χ4n) is 3.25. The van der Waals surface area contributed by atoms with Crippen LogP contribution < -0.4 is 10.6 Å². The Hall–Kier alpha value is -2.56. The first kappa shape index (κ1) is 13.1. The van der Waals surface area contributed by atoms with Gasteiger partial charge in [-0.1, -0.05) is 6.07 Å². The van der Waals surface area contributed by atoms with Crippen LogP contribution in [-0.2, 0) is 0 Å². The quantitative estimate of drug-likeness (QED) is 0.764. The average Bonchev–Trinajstić information content (AvgIpc) is 3.16. The molecule has 0 unspecified atom stereocenters. The minimum atomic E-state index is -0.177. The predicted octanol–water partition coefficient (Wildman–Crippen LogP) is 2.83. The van der Waals surface area contributed by atoms with Gasteiger partial charge in [0, 0.05) is 30.4 Å². The van der Waals surface area contributed by atoms with Gasteiger partial charge in [-0.05, 0) is 43.5 Å². The summed E-state index contributed by atoms with van der Waals surface area (Å²) >= 11 is 0. The monoisotopic (exact) mass is 294 g/mol. The number of imidazole rings is 1. The molecular formula is C17H18N4O. The summed E-state index contributed by atoms with van der Waals surface area (Å²) < 4.78 is 0. The first-order valence-corrected chi connectivity index (χ1v) is 7.65. The molecule has 1 aromatic carbocycles. The van der Waals surface area contributed by atoms with Gasteiger partial charge in [-0.15, -0.1) is 0 Å². The van der Waals surface area contributed by atoms with E-state index in [1.54, 1.807) is 0 Å². The molecule has 4 rings (SSSR count). The molecule has 1 aliphatic rings. The summed E-state index contributed by atoms with van der Waals surface area (Å²) in [5, 5.41) is 0. The van der Waals surface area contributed by atoms with Crippen LogP contribution in [0.4, 0.5) is 5.82 Å². The van der Waals surface area contributed by atoms with E-state index in [4.69, 9.17) is 0 Å². The third-order valence-electron chi connectivity index (χ3n) is 4.37. The van der Waals surface area contributed by atoms with Crippen molar-refractivity contribution in [3.05, 3.63) is 46.5 Å². The maximum atomic E-state index is 11.6. The van der Waals surface area contributed by atoms with Gasteiger partial charge in [0.15, 0.2) is 0 Å². The normalized spacial score (nSPS) is 14.9. The molecule has 3 aromatic rings. The Balaban J connectivity index is 1.81. The molecule has 0 radical (unpaired) electrons. The van der Waals surface area contributed by atoms with E-state index in [0.29, 0.717) is 0 Å². The highest BCUT2D eigenvalue weighted by atomic mass is 16.1. The number of aromatic amines is 2. The molecule has 5 nitrogen and oxygen atoms in total. The molecule has 1 saturated heterocycles. The molecule has 112 valence electrons. The first-order chi connectivity index (χ1) is 10.7. The summed E-state index contributed by atoms with van der Waals surface area (Å²) in [5.74, 6) is 1.04. The topological polar surface area (TPSA) is 64.8 Å². The standard InChI is InChI=1S/C17H18N4O/c1-11-4-6-13-16(20-17(22)19-13)15(11)12-5-7-14(18-10-12)21-8-2-3-9-21/h4-7,10H,2-3,8-9H2,1H3,(H2,19,20,22). The number of hydrogen-bond donors (Lipinski definition) is 2. The SMILES string of the molecule is Cc1ccc2[nH]c(=O)[nH]c2c1-c1ccc(N2CCCC2)nc1. The number of nitrogens with zero attached hydrogens (tertiary/aromatic N) is 2. The summed E-state index contributed by atoms with van der Waals surface area (Å²) in [6.45, 7) is 4.23. The lowest BCUT2D eigenvalue weighted by Gasteiger charge is -2.16. The highest BCUT2D eigenvalue weighted by Crippen LogP contribution is 2.30. The largest absolute Gasteiger partial charge is 0.357 e. The van der Waals surface area contributed by atoms with Gasteiger partial charge in [-0.2, -0.15) is 0 Å². The number of aryl methyl sites for hydroxylation is 1. The minimum Gasteiger partial charge on any atom is -0.357 e. The molecule has 0 amide bonds. The van der Waals surface area contributed by atoms with Crippen LogP contribution in [0.5, 0.6) is 0 Å². The average molecular weight is 294 g/mol. The molecule has 1 aliphatic heterocycles. The van der Waals surface area contributed by atoms with Crippen LogP contribution in [0.2, 0.25) is 0 Å². The number of rotatable bonds is 2. The van der Waals surface area contributed by atoms with Crippen molar-refractivity contribution < 1.29 is 0 Å². The van der Waals surface area contributed by atoms with Crippen molar-refractivity contribution in [2.45, 2.75) is 19.8 Å². The number of H-pyrrole nitrogens is 2. The molecule has 2 aromatic heterocycles. The summed E-state index contributed by atoms with van der Waals surface area (Å²) in [6, 6.07) is 8.12. The number of benzene rings is 1. The molecule has 0 spiro atoms. The second kappa shape index (κ2) is 5.02. The van der Waals surface area contributed by atoms with Crippen molar-refractivity contribution in [1.29, 1.82) is 0 Å². The van der Waals surface area contributed by atoms with Gasteiger partial charge in [0.1, 0.15) is 5.82 Å². The molecule has 5 heteroatoms. The lowest BCUT2D eigenvalue weighted by Crippen LogP contribution is -2.18. The first-order valence-electron chi connectivity index (χ1n) is 7.65. The van der Waals surface area contributed by atoms with Crippen LogP contribution in [0.15, 0.2) is 35.3 Å². The summed E-state index contributed by atoms with van der Waals surface area (Å²) in [6.07, 6.45) is 4.39. The molecule has 0 saturated carbocycles. The summed E-state index contributed by atoms with van der Waals surface area (Å²) in [7, 11) is 0. The van der Waals surface area contributed by atoms with E-state index in [-0.39, 0.29) is 5.69 Å². The Labute approximate surface area is 128 Å². The zero-order valence-corrected chi connectivity index (χ0v) is 12.5. The van der Waals surface area contributed by atoms with Crippen LogP contribution in [0.1, 0.15) is 18.4 Å². The number of aromatic nitrogens is 3. The van der Waals surface area contributed by atoms with Crippen molar-refractivity contribution in [3.8, 4) is 11.1 Å². The summed E-state index contributed by atoms with van der Waals surface area (Å²) in [4.78, 5) is 24.2. The molecule has 22 heavy (non-hydrogen) atoms. The van der Waals surface area contributed by atoms with E-state index >= 15 is 0 Å². The van der Waals surface area contributed by atoms with Crippen molar-refractivity contribution >= 4 is 16.9 Å². The van der Waals surface area contributed by atoms with Crippen LogP contribution >= 0.6 is 0 Å². The van der Waals surface area contributed by atoms with Gasteiger partial charge in [0.2, 0.25) is 0 Å². The third kappa shape index (κ3) is 2.09. The van der Waals surface area contributed by atoms with E-state index in [9.17, 15) is 4.79 Å². The van der Waals surface area contributed by atoms with E-state index in [1.165, 1.54) is 12.8 Å². The fourth-order valence-corrected chi connectivity index (χ4v) is 3.25. The molecule has 1 fully saturated rings. The van der Waals surface area contributed by atoms with Gasteiger partial charge < -0.3 is 14.9 Å². The Bertz CT molecular complexity index is 870. The molecule has 2 N–H and O–H groups in total. The van der Waals surface area contributed by atoms with E-state index < -0.39 is 0 Å². The number of anilines is 1. The fraction of sp³-hybridized carbons (Fsp3) is 0.294. The predicted molar refractivity (Wildman–Crippen MR) is 88.3 cm³/mol. The Morgan fingerprint density at radius 1 is 1.09 bits per heavy atom. The lowest BCUT2D eigenvalue weighted by atomic mass is 10.0. The number of nitrogens with one attached hydrogen (secondary N) is 2. The highest BCUT2D eigenvalue weighted by molar-refractivity contribution is 5.93. The van der Waals surface area contributed by atoms with Crippen LogP contribution in [0.25, 0.3) is 22.2 Å². The number of hydrogen-bond acceptors (Lipinski definition) is 3. The number of pyridine rings is 1. The van der Waals surface area contributed by atoms with Gasteiger partial charge in [-0.25, -0.2) is 9.78 Å². The second-order valence-corrected chi connectivity index (χ2v) is 5.86. The Kier molecular flexibility index (Phi) is 2.99. The van der Waals surface area contributed by atoms with Crippen LogP contribution in [-0.4, -0.2) is 28.0 Å². The molecule has 0 atom stereocenters. The Morgan fingerprint density at radius 2 is 1.91 bits per heavy atom. The van der Waals surface area contributed by atoms with Gasteiger partial charge in [0.05, 0.1) is 11.0 Å². The molecule has 0 aliphatic carbocycles. The molecular weight excluding hydrogens is 276 g/mol. The van der Waals surface area contributed by atoms with E-state index in [1.807, 2.05) is 18.3 Å². The summed E-state index contributed by atoms with van der Waals surface area (Å²) in [5.41, 5.74) is 4.69. The van der Waals surface area contributed by atoms with Crippen molar-refractivity contribution in [3.63, 3.8) is 0 Å². The zero-order chi connectivity index (χ0) is 15.1. The minimum absolute atomic E-state index is 0.177. The van der Waals surface area contributed by atoms with Crippen LogP contribution in [0, 0.1) is 6.92 Å². The van der Waals surface area contributed by atoms with Gasteiger partial charge in [0.25, 0.3) is 0 Å². The maximum absolute atomic E-state index is 11.6. The van der Waals surface area contributed by atoms with Crippen molar-refractivity contribution in [2.75, 3.05) is 18.0 Å². The number of fused-ring (bicyclic) bond motifs is 1. The second-order valence-electron chi connectivity index (χ2n) is 5.86. The van der Waals surface area contributed by atoms with Gasteiger partial charge >= 0.3 is 5.69 Å². The van der Waals surface area contributed by atoms with E-state index in [0.717, 1.165) is 46.6 Å². The molecule has 3 heterocycles. The van der Waals surface area contributed by atoms with Crippen molar-refractivity contribution in [1.82, 2.24) is 15.0 Å². The van der Waals surface area contributed by atoms with E-state index in [2.05, 4.69) is 38.9 Å².